The van der Waals surface area contributed by atoms with Gasteiger partial charge in [-0.3, -0.25) is 9.69 Å². The molecule has 31 heavy (non-hydrogen) atoms. The van der Waals surface area contributed by atoms with Crippen molar-refractivity contribution in [2.24, 2.45) is 4.99 Å². The molecular formula is C22H38IN5O3. The average Bonchev–Trinajstić information content (AvgIpc) is 2.72. The van der Waals surface area contributed by atoms with Crippen LogP contribution in [0.15, 0.2) is 29.3 Å². The van der Waals surface area contributed by atoms with Crippen molar-refractivity contribution < 1.29 is 14.3 Å². The van der Waals surface area contributed by atoms with Crippen LogP contribution in [-0.4, -0.2) is 75.4 Å². The number of rotatable bonds is 8. The monoisotopic (exact) mass is 547 g/mol. The highest BCUT2D eigenvalue weighted by molar-refractivity contribution is 14.0. The molecular weight excluding hydrogens is 509 g/mol. The molecule has 8 nitrogen and oxygen atoms in total. The summed E-state index contributed by atoms with van der Waals surface area (Å²) in [5.74, 6) is 1.38. The molecule has 1 saturated heterocycles. The molecule has 1 aliphatic rings. The highest BCUT2D eigenvalue weighted by Gasteiger charge is 2.23. The molecule has 1 aromatic carbocycles. The van der Waals surface area contributed by atoms with Gasteiger partial charge in [-0.05, 0) is 45.4 Å². The number of aliphatic imine (C=N–C) groups is 1. The minimum atomic E-state index is -0.270. The van der Waals surface area contributed by atoms with E-state index in [9.17, 15) is 4.79 Å². The van der Waals surface area contributed by atoms with E-state index in [4.69, 9.17) is 9.47 Å². The number of carbonyl (C=O) groups excluding carboxylic acids is 1. The molecule has 1 unspecified atom stereocenters. The molecule has 0 aromatic heterocycles. The van der Waals surface area contributed by atoms with E-state index in [2.05, 4.69) is 38.0 Å². The lowest BCUT2D eigenvalue weighted by Crippen LogP contribution is -2.47. The number of benzene rings is 1. The molecule has 1 heterocycles. The maximum atomic E-state index is 12.1. The van der Waals surface area contributed by atoms with Crippen LogP contribution in [0.1, 0.15) is 39.3 Å². The highest BCUT2D eigenvalue weighted by atomic mass is 127. The quantitative estimate of drug-likeness (QED) is 0.263. The van der Waals surface area contributed by atoms with Crippen LogP contribution >= 0.6 is 24.0 Å². The van der Waals surface area contributed by atoms with Crippen LogP contribution in [0, 0.1) is 0 Å². The van der Waals surface area contributed by atoms with Crippen LogP contribution < -0.4 is 20.7 Å². The van der Waals surface area contributed by atoms with E-state index in [1.54, 1.807) is 7.11 Å². The summed E-state index contributed by atoms with van der Waals surface area (Å²) in [6.07, 6.45) is 0. The molecule has 0 radical (unpaired) electrons. The second kappa shape index (κ2) is 13.7. The lowest BCUT2D eigenvalue weighted by Gasteiger charge is -2.35. The van der Waals surface area contributed by atoms with Gasteiger partial charge < -0.3 is 25.4 Å². The van der Waals surface area contributed by atoms with Gasteiger partial charge in [-0.15, -0.1) is 24.0 Å². The molecule has 1 aliphatic heterocycles. The van der Waals surface area contributed by atoms with Crippen molar-refractivity contribution in [2.75, 3.05) is 53.0 Å². The molecule has 1 fully saturated rings. The first-order valence-electron chi connectivity index (χ1n) is 10.6. The fourth-order valence-electron chi connectivity index (χ4n) is 3.32. The lowest BCUT2D eigenvalue weighted by molar-refractivity contribution is -0.121. The zero-order valence-corrected chi connectivity index (χ0v) is 21.7. The standard InChI is InChI=1S/C22H37N5O3.HI/c1-6-23-21(25-16-20(28)26-22(2,3)4)24-15-19(27-11-13-30-14-12-27)17-7-9-18(29-5)10-8-17;/h7-10,19H,6,11-16H2,1-5H3,(H,26,28)(H2,23,24,25);1H. The van der Waals surface area contributed by atoms with Gasteiger partial charge in [0.1, 0.15) is 12.3 Å². The molecule has 1 aromatic rings. The third kappa shape index (κ3) is 10.0. The number of hydrogen-bond donors (Lipinski definition) is 3. The Hall–Kier alpha value is -1.59. The summed E-state index contributed by atoms with van der Waals surface area (Å²) < 4.78 is 10.8. The molecule has 0 saturated carbocycles. The second-order valence-corrected chi connectivity index (χ2v) is 8.31. The van der Waals surface area contributed by atoms with Gasteiger partial charge in [-0.1, -0.05) is 12.1 Å². The molecule has 0 aliphatic carbocycles. The van der Waals surface area contributed by atoms with E-state index in [0.717, 1.165) is 38.6 Å². The van der Waals surface area contributed by atoms with E-state index >= 15 is 0 Å². The summed E-state index contributed by atoms with van der Waals surface area (Å²) in [5, 5.41) is 9.57. The maximum Gasteiger partial charge on any atom is 0.242 e. The van der Waals surface area contributed by atoms with Gasteiger partial charge in [0.15, 0.2) is 5.96 Å². The molecule has 0 spiro atoms. The van der Waals surface area contributed by atoms with Crippen molar-refractivity contribution in [3.8, 4) is 5.75 Å². The minimum absolute atomic E-state index is 0. The van der Waals surface area contributed by atoms with Crippen molar-refractivity contribution in [1.29, 1.82) is 0 Å². The number of methoxy groups -OCH3 is 1. The Bertz CT molecular complexity index is 685. The van der Waals surface area contributed by atoms with E-state index in [1.165, 1.54) is 5.56 Å². The third-order valence-corrected chi connectivity index (χ3v) is 4.69. The van der Waals surface area contributed by atoms with Crippen LogP contribution in [0.5, 0.6) is 5.75 Å². The molecule has 176 valence electrons. The lowest BCUT2D eigenvalue weighted by atomic mass is 10.0. The van der Waals surface area contributed by atoms with E-state index in [0.29, 0.717) is 12.5 Å². The predicted octanol–water partition coefficient (Wildman–Crippen LogP) is 2.16. The molecule has 0 bridgehead atoms. The summed E-state index contributed by atoms with van der Waals surface area (Å²) >= 11 is 0. The van der Waals surface area contributed by atoms with Crippen molar-refractivity contribution in [3.63, 3.8) is 0 Å². The van der Waals surface area contributed by atoms with Crippen LogP contribution in [0.2, 0.25) is 0 Å². The van der Waals surface area contributed by atoms with Gasteiger partial charge in [0.05, 0.1) is 26.4 Å². The smallest absolute Gasteiger partial charge is 0.242 e. The molecule has 1 atom stereocenters. The number of morpholine rings is 1. The summed E-state index contributed by atoms with van der Waals surface area (Å²) in [4.78, 5) is 19.0. The van der Waals surface area contributed by atoms with Crippen LogP contribution in [0.3, 0.4) is 0 Å². The number of halogens is 1. The van der Waals surface area contributed by atoms with Gasteiger partial charge in [0.2, 0.25) is 5.91 Å². The largest absolute Gasteiger partial charge is 0.497 e. The average molecular weight is 547 g/mol. The topological polar surface area (TPSA) is 87.2 Å². The number of amides is 1. The van der Waals surface area contributed by atoms with Crippen molar-refractivity contribution in [1.82, 2.24) is 20.9 Å². The fraction of sp³-hybridized carbons (Fsp3) is 0.636. The van der Waals surface area contributed by atoms with Gasteiger partial charge in [0.25, 0.3) is 0 Å². The first-order valence-corrected chi connectivity index (χ1v) is 10.6. The van der Waals surface area contributed by atoms with E-state index in [1.807, 2.05) is 39.8 Å². The van der Waals surface area contributed by atoms with Crippen LogP contribution in [0.4, 0.5) is 0 Å². The van der Waals surface area contributed by atoms with Crippen molar-refractivity contribution in [3.05, 3.63) is 29.8 Å². The normalized spacial score (nSPS) is 16.1. The Morgan fingerprint density at radius 2 is 1.84 bits per heavy atom. The van der Waals surface area contributed by atoms with Crippen molar-refractivity contribution >= 4 is 35.8 Å². The zero-order valence-electron chi connectivity index (χ0n) is 19.4. The Morgan fingerprint density at radius 1 is 1.19 bits per heavy atom. The number of hydrogen-bond acceptors (Lipinski definition) is 5. The Balaban J connectivity index is 0.00000480. The number of carbonyl (C=O) groups is 1. The first-order chi connectivity index (χ1) is 14.3. The molecule has 9 heteroatoms. The Labute approximate surface area is 203 Å². The Kier molecular flexibility index (Phi) is 12.2. The fourth-order valence-corrected chi connectivity index (χ4v) is 3.32. The summed E-state index contributed by atoms with van der Waals surface area (Å²) in [5.41, 5.74) is 0.931. The first kappa shape index (κ1) is 27.4. The number of nitrogens with one attached hydrogen (secondary N) is 3. The summed E-state index contributed by atoms with van der Waals surface area (Å²) in [7, 11) is 1.67. The van der Waals surface area contributed by atoms with Crippen LogP contribution in [0.25, 0.3) is 0 Å². The number of ether oxygens (including phenoxy) is 2. The number of guanidine groups is 1. The predicted molar refractivity (Wildman–Crippen MR) is 135 cm³/mol. The molecule has 3 N–H and O–H groups in total. The van der Waals surface area contributed by atoms with Gasteiger partial charge >= 0.3 is 0 Å². The van der Waals surface area contributed by atoms with Gasteiger partial charge in [-0.2, -0.15) is 0 Å². The third-order valence-electron chi connectivity index (χ3n) is 4.69. The van der Waals surface area contributed by atoms with E-state index in [-0.39, 0.29) is 48.0 Å². The summed E-state index contributed by atoms with van der Waals surface area (Å²) in [6, 6.07) is 8.33. The molecule has 2 rings (SSSR count). The maximum absolute atomic E-state index is 12.1. The van der Waals surface area contributed by atoms with E-state index < -0.39 is 0 Å². The zero-order chi connectivity index (χ0) is 22.0. The van der Waals surface area contributed by atoms with Gasteiger partial charge in [-0.25, -0.2) is 4.99 Å². The SMILES string of the molecule is CCNC(=NCC(=O)NC(C)(C)C)NCC(c1ccc(OC)cc1)N1CCOCC1.I. The minimum Gasteiger partial charge on any atom is -0.497 e. The molecule has 1 amide bonds. The summed E-state index contributed by atoms with van der Waals surface area (Å²) in [6.45, 7) is 12.6. The van der Waals surface area contributed by atoms with Gasteiger partial charge in [0, 0.05) is 31.7 Å². The van der Waals surface area contributed by atoms with Crippen molar-refractivity contribution in [2.45, 2.75) is 39.3 Å². The number of nitrogens with zero attached hydrogens (tertiary/aromatic N) is 2. The second-order valence-electron chi connectivity index (χ2n) is 8.31. The van der Waals surface area contributed by atoms with Crippen LogP contribution in [-0.2, 0) is 9.53 Å². The Morgan fingerprint density at radius 3 is 2.39 bits per heavy atom. The highest BCUT2D eigenvalue weighted by Crippen LogP contribution is 2.23.